The highest BCUT2D eigenvalue weighted by Gasteiger charge is 2.35. The summed E-state index contributed by atoms with van der Waals surface area (Å²) < 4.78 is 5.24. The number of carbonyl (C=O) groups excluding carboxylic acids is 1. The topological polar surface area (TPSA) is 41.6 Å². The summed E-state index contributed by atoms with van der Waals surface area (Å²) in [5.74, 6) is 1.69. The molecule has 3 unspecified atom stereocenters. The normalized spacial score (nSPS) is 23.9. The second-order valence-electron chi connectivity index (χ2n) is 6.82. The van der Waals surface area contributed by atoms with Crippen LogP contribution in [0.1, 0.15) is 53.4 Å². The van der Waals surface area contributed by atoms with Crippen molar-refractivity contribution in [2.24, 2.45) is 11.8 Å². The Morgan fingerprint density at radius 2 is 2.10 bits per heavy atom. The van der Waals surface area contributed by atoms with Crippen molar-refractivity contribution in [2.75, 3.05) is 33.3 Å². The van der Waals surface area contributed by atoms with E-state index in [1.807, 2.05) is 13.8 Å². The Balaban J connectivity index is 2.35. The van der Waals surface area contributed by atoms with Crippen molar-refractivity contribution in [1.29, 1.82) is 0 Å². The lowest BCUT2D eigenvalue weighted by Crippen LogP contribution is -2.51. The highest BCUT2D eigenvalue weighted by atomic mass is 16.5. The minimum atomic E-state index is -0.542. The van der Waals surface area contributed by atoms with Crippen molar-refractivity contribution in [1.82, 2.24) is 10.2 Å². The maximum Gasteiger partial charge on any atom is 0.326 e. The van der Waals surface area contributed by atoms with Crippen molar-refractivity contribution in [3.8, 4) is 0 Å². The first kappa shape index (κ1) is 18.4. The molecule has 0 aromatic carbocycles. The Morgan fingerprint density at radius 1 is 1.43 bits per heavy atom. The van der Waals surface area contributed by atoms with E-state index in [2.05, 4.69) is 31.1 Å². The van der Waals surface area contributed by atoms with E-state index in [0.29, 0.717) is 6.61 Å². The minimum Gasteiger partial charge on any atom is -0.465 e. The van der Waals surface area contributed by atoms with E-state index in [1.165, 1.54) is 13.0 Å². The molecule has 1 aliphatic rings. The van der Waals surface area contributed by atoms with Gasteiger partial charge in [-0.25, -0.2) is 0 Å². The summed E-state index contributed by atoms with van der Waals surface area (Å²) in [4.78, 5) is 14.6. The van der Waals surface area contributed by atoms with Gasteiger partial charge in [0.15, 0.2) is 0 Å². The molecule has 0 bridgehead atoms. The molecular formula is C17H34N2O2. The maximum atomic E-state index is 12.2. The van der Waals surface area contributed by atoms with Crippen LogP contribution in [0.5, 0.6) is 0 Å². The minimum absolute atomic E-state index is 0.114. The van der Waals surface area contributed by atoms with E-state index in [4.69, 9.17) is 4.74 Å². The smallest absolute Gasteiger partial charge is 0.326 e. The molecule has 0 radical (unpaired) electrons. The largest absolute Gasteiger partial charge is 0.465 e. The van der Waals surface area contributed by atoms with Crippen LogP contribution < -0.4 is 5.32 Å². The molecule has 1 saturated carbocycles. The summed E-state index contributed by atoms with van der Waals surface area (Å²) in [6.07, 6.45) is 4.25. The molecule has 0 aromatic heterocycles. The van der Waals surface area contributed by atoms with Gasteiger partial charge in [0, 0.05) is 6.54 Å². The molecular weight excluding hydrogens is 264 g/mol. The van der Waals surface area contributed by atoms with Crippen LogP contribution >= 0.6 is 0 Å². The Morgan fingerprint density at radius 3 is 2.62 bits per heavy atom. The standard InChI is InChI=1S/C17H34N2O2/c1-6-10-18-17(4,16(20)21-7-2)9-8-11-19(5)13-15-12-14(15)3/h14-15,18H,6-13H2,1-5H3. The number of rotatable bonds is 11. The van der Waals surface area contributed by atoms with E-state index < -0.39 is 5.54 Å². The van der Waals surface area contributed by atoms with E-state index in [0.717, 1.165) is 44.2 Å². The van der Waals surface area contributed by atoms with Crippen molar-refractivity contribution in [2.45, 2.75) is 58.9 Å². The van der Waals surface area contributed by atoms with Crippen LogP contribution in [0.2, 0.25) is 0 Å². The second-order valence-corrected chi connectivity index (χ2v) is 6.82. The highest BCUT2D eigenvalue weighted by molar-refractivity contribution is 5.80. The predicted molar refractivity (Wildman–Crippen MR) is 87.3 cm³/mol. The van der Waals surface area contributed by atoms with E-state index in [9.17, 15) is 4.79 Å². The monoisotopic (exact) mass is 298 g/mol. The quantitative estimate of drug-likeness (QED) is 0.596. The van der Waals surface area contributed by atoms with Gasteiger partial charge in [0.2, 0.25) is 0 Å². The lowest BCUT2D eigenvalue weighted by atomic mass is 9.95. The lowest BCUT2D eigenvalue weighted by molar-refractivity contribution is -0.150. The summed E-state index contributed by atoms with van der Waals surface area (Å²) >= 11 is 0. The predicted octanol–water partition coefficient (Wildman–Crippen LogP) is 2.68. The van der Waals surface area contributed by atoms with Crippen molar-refractivity contribution in [3.63, 3.8) is 0 Å². The van der Waals surface area contributed by atoms with Gasteiger partial charge in [0.05, 0.1) is 6.61 Å². The summed E-state index contributed by atoms with van der Waals surface area (Å²) in [7, 11) is 2.19. The Bertz CT molecular complexity index is 322. The van der Waals surface area contributed by atoms with Gasteiger partial charge in [-0.05, 0) is 71.5 Å². The molecule has 124 valence electrons. The van der Waals surface area contributed by atoms with E-state index in [-0.39, 0.29) is 5.97 Å². The highest BCUT2D eigenvalue weighted by Crippen LogP contribution is 2.37. The van der Waals surface area contributed by atoms with Crippen LogP contribution in [-0.2, 0) is 9.53 Å². The van der Waals surface area contributed by atoms with Crippen LogP contribution in [0.4, 0.5) is 0 Å². The number of hydrogen-bond donors (Lipinski definition) is 1. The SMILES string of the molecule is CCCNC(C)(CCCN(C)CC1CC1C)C(=O)OCC. The second kappa shape index (κ2) is 8.74. The van der Waals surface area contributed by atoms with Gasteiger partial charge in [0.1, 0.15) is 5.54 Å². The summed E-state index contributed by atoms with van der Waals surface area (Å²) in [6.45, 7) is 11.8. The first-order valence-corrected chi connectivity index (χ1v) is 8.53. The third-order valence-corrected chi connectivity index (χ3v) is 4.53. The molecule has 1 N–H and O–H groups in total. The van der Waals surface area contributed by atoms with Crippen molar-refractivity contribution in [3.05, 3.63) is 0 Å². The van der Waals surface area contributed by atoms with Crippen molar-refractivity contribution >= 4 is 5.97 Å². The van der Waals surface area contributed by atoms with Gasteiger partial charge < -0.3 is 15.0 Å². The molecule has 21 heavy (non-hydrogen) atoms. The molecule has 0 saturated heterocycles. The van der Waals surface area contributed by atoms with Gasteiger partial charge in [-0.3, -0.25) is 4.79 Å². The number of nitrogens with zero attached hydrogens (tertiary/aromatic N) is 1. The number of esters is 1. The van der Waals surface area contributed by atoms with Gasteiger partial charge in [-0.1, -0.05) is 13.8 Å². The molecule has 4 heteroatoms. The molecule has 0 aliphatic heterocycles. The molecule has 0 amide bonds. The Labute approximate surface area is 130 Å². The van der Waals surface area contributed by atoms with E-state index in [1.54, 1.807) is 0 Å². The van der Waals surface area contributed by atoms with Gasteiger partial charge in [0.25, 0.3) is 0 Å². The zero-order chi connectivity index (χ0) is 15.9. The van der Waals surface area contributed by atoms with Gasteiger partial charge >= 0.3 is 5.97 Å². The van der Waals surface area contributed by atoms with Gasteiger partial charge in [-0.15, -0.1) is 0 Å². The Hall–Kier alpha value is -0.610. The molecule has 4 nitrogen and oxygen atoms in total. The van der Waals surface area contributed by atoms with E-state index >= 15 is 0 Å². The number of hydrogen-bond acceptors (Lipinski definition) is 4. The number of carbonyl (C=O) groups is 1. The maximum absolute atomic E-state index is 12.2. The molecule has 3 atom stereocenters. The lowest BCUT2D eigenvalue weighted by Gasteiger charge is -2.29. The summed E-state index contributed by atoms with van der Waals surface area (Å²) in [5.41, 5.74) is -0.542. The molecule has 1 aliphatic carbocycles. The van der Waals surface area contributed by atoms with Crippen LogP contribution in [0.15, 0.2) is 0 Å². The average Bonchev–Trinajstić information content (AvgIpc) is 3.11. The first-order chi connectivity index (χ1) is 9.92. The third kappa shape index (κ3) is 6.35. The first-order valence-electron chi connectivity index (χ1n) is 8.53. The van der Waals surface area contributed by atoms with Crippen LogP contribution in [-0.4, -0.2) is 49.7 Å². The van der Waals surface area contributed by atoms with Crippen LogP contribution in [0.25, 0.3) is 0 Å². The molecule has 0 aromatic rings. The van der Waals surface area contributed by atoms with Crippen molar-refractivity contribution < 1.29 is 9.53 Å². The van der Waals surface area contributed by atoms with Crippen LogP contribution in [0, 0.1) is 11.8 Å². The number of ether oxygens (including phenoxy) is 1. The molecule has 0 spiro atoms. The fourth-order valence-corrected chi connectivity index (χ4v) is 2.80. The fourth-order valence-electron chi connectivity index (χ4n) is 2.80. The molecule has 0 heterocycles. The van der Waals surface area contributed by atoms with Crippen LogP contribution in [0.3, 0.4) is 0 Å². The summed E-state index contributed by atoms with van der Waals surface area (Å²) in [5, 5.41) is 3.37. The third-order valence-electron chi connectivity index (χ3n) is 4.53. The molecule has 1 fully saturated rings. The summed E-state index contributed by atoms with van der Waals surface area (Å²) in [6, 6.07) is 0. The average molecular weight is 298 g/mol. The Kier molecular flexibility index (Phi) is 7.67. The number of nitrogens with one attached hydrogen (secondary N) is 1. The van der Waals surface area contributed by atoms with Gasteiger partial charge in [-0.2, -0.15) is 0 Å². The fraction of sp³-hybridized carbons (Fsp3) is 0.941. The zero-order valence-corrected chi connectivity index (χ0v) is 14.6. The zero-order valence-electron chi connectivity index (χ0n) is 14.6. The molecule has 1 rings (SSSR count).